The largest absolute Gasteiger partial charge is 0.396 e. The van der Waals surface area contributed by atoms with Crippen LogP contribution < -0.4 is 5.32 Å². The van der Waals surface area contributed by atoms with E-state index >= 15 is 0 Å². The summed E-state index contributed by atoms with van der Waals surface area (Å²) in [4.78, 5) is 17.3. The van der Waals surface area contributed by atoms with Gasteiger partial charge in [0, 0.05) is 35.9 Å². The van der Waals surface area contributed by atoms with E-state index in [1.165, 1.54) is 17.3 Å². The number of carbonyl (C=O) groups is 1. The molecule has 0 spiro atoms. The molecule has 0 aliphatic rings. The number of hydrogen-bond donors (Lipinski definition) is 2. The van der Waals surface area contributed by atoms with Crippen molar-refractivity contribution in [3.63, 3.8) is 0 Å². The number of aromatic nitrogens is 1. The molecule has 23 heavy (non-hydrogen) atoms. The number of thioether (sulfide) groups is 1. The third kappa shape index (κ3) is 6.42. The second-order valence-corrected chi connectivity index (χ2v) is 6.53. The molecule has 2 aromatic rings. The number of aliphatic hydroxyl groups is 1. The van der Waals surface area contributed by atoms with Gasteiger partial charge in [-0.3, -0.25) is 9.78 Å². The highest BCUT2D eigenvalue weighted by Crippen LogP contribution is 2.17. The second-order valence-electron chi connectivity index (χ2n) is 5.48. The lowest BCUT2D eigenvalue weighted by Gasteiger charge is -2.14. The van der Waals surface area contributed by atoms with Crippen molar-refractivity contribution in [2.45, 2.75) is 18.2 Å². The smallest absolute Gasteiger partial charge is 0.230 e. The summed E-state index contributed by atoms with van der Waals surface area (Å²) < 4.78 is 0. The van der Waals surface area contributed by atoms with E-state index in [1.54, 1.807) is 6.20 Å². The van der Waals surface area contributed by atoms with Crippen molar-refractivity contribution in [3.05, 3.63) is 59.9 Å². The van der Waals surface area contributed by atoms with Gasteiger partial charge in [-0.1, -0.05) is 23.8 Å². The van der Waals surface area contributed by atoms with E-state index < -0.39 is 0 Å². The molecule has 4 nitrogen and oxygen atoms in total. The number of amides is 1. The highest BCUT2D eigenvalue weighted by molar-refractivity contribution is 8.00. The Kier molecular flexibility index (Phi) is 7.10. The van der Waals surface area contributed by atoms with E-state index in [-0.39, 0.29) is 18.4 Å². The van der Waals surface area contributed by atoms with Crippen LogP contribution >= 0.6 is 11.8 Å². The Hall–Kier alpha value is -1.85. The summed E-state index contributed by atoms with van der Waals surface area (Å²) in [6, 6.07) is 13.8. The predicted molar refractivity (Wildman–Crippen MR) is 93.4 cm³/mol. The summed E-state index contributed by atoms with van der Waals surface area (Å²) in [6.07, 6.45) is 2.39. The van der Waals surface area contributed by atoms with Crippen molar-refractivity contribution in [3.8, 4) is 0 Å². The van der Waals surface area contributed by atoms with Crippen molar-refractivity contribution in [1.29, 1.82) is 0 Å². The van der Waals surface area contributed by atoms with Gasteiger partial charge in [0.1, 0.15) is 0 Å². The molecule has 1 amide bonds. The first-order valence-corrected chi connectivity index (χ1v) is 8.63. The molecule has 0 aliphatic heterocycles. The lowest BCUT2D eigenvalue weighted by Crippen LogP contribution is -2.33. The lowest BCUT2D eigenvalue weighted by atomic mass is 10.0. The van der Waals surface area contributed by atoms with E-state index in [0.29, 0.717) is 18.7 Å². The van der Waals surface area contributed by atoms with Crippen molar-refractivity contribution in [2.24, 2.45) is 5.92 Å². The average molecular weight is 330 g/mol. The minimum absolute atomic E-state index is 0.0155. The average Bonchev–Trinajstić information content (AvgIpc) is 2.59. The third-order valence-electron chi connectivity index (χ3n) is 3.46. The number of aliphatic hydroxyl groups excluding tert-OH is 1. The van der Waals surface area contributed by atoms with E-state index in [2.05, 4.69) is 10.3 Å². The summed E-state index contributed by atoms with van der Waals surface area (Å²) in [6.45, 7) is 2.53. The molecule has 5 heteroatoms. The Balaban J connectivity index is 1.72. The maximum absolute atomic E-state index is 11.9. The number of pyridine rings is 1. The SMILES string of the molecule is Cc1ccc(SCC(=O)NCC(CO)Cc2ccccn2)cc1. The molecule has 0 radical (unpaired) electrons. The molecule has 1 aromatic heterocycles. The Labute approximate surface area is 141 Å². The topological polar surface area (TPSA) is 62.2 Å². The number of nitrogens with one attached hydrogen (secondary N) is 1. The standard InChI is InChI=1S/C18H22N2O2S/c1-14-5-7-17(8-6-14)23-13-18(22)20-11-15(12-21)10-16-4-2-3-9-19-16/h2-9,15,21H,10-13H2,1H3,(H,20,22). The second kappa shape index (κ2) is 9.33. The van der Waals surface area contributed by atoms with Crippen LogP contribution in [0.15, 0.2) is 53.6 Å². The van der Waals surface area contributed by atoms with Crippen LogP contribution in [0.5, 0.6) is 0 Å². The number of aryl methyl sites for hydroxylation is 1. The zero-order valence-corrected chi connectivity index (χ0v) is 14.1. The van der Waals surface area contributed by atoms with Gasteiger partial charge >= 0.3 is 0 Å². The van der Waals surface area contributed by atoms with Crippen LogP contribution in [0, 0.1) is 12.8 Å². The molecule has 0 aliphatic carbocycles. The van der Waals surface area contributed by atoms with Crippen LogP contribution in [-0.2, 0) is 11.2 Å². The van der Waals surface area contributed by atoms with Crippen LogP contribution in [0.3, 0.4) is 0 Å². The van der Waals surface area contributed by atoms with E-state index in [9.17, 15) is 9.90 Å². The Morgan fingerprint density at radius 3 is 2.70 bits per heavy atom. The number of benzene rings is 1. The Bertz CT molecular complexity index is 602. The van der Waals surface area contributed by atoms with Crippen LogP contribution in [0.4, 0.5) is 0 Å². The molecule has 2 rings (SSSR count). The molecule has 2 N–H and O–H groups in total. The highest BCUT2D eigenvalue weighted by Gasteiger charge is 2.11. The summed E-state index contributed by atoms with van der Waals surface area (Å²) in [5, 5.41) is 12.3. The molecule has 0 saturated heterocycles. The zero-order chi connectivity index (χ0) is 16.5. The van der Waals surface area contributed by atoms with Crippen LogP contribution in [0.1, 0.15) is 11.3 Å². The maximum Gasteiger partial charge on any atom is 0.230 e. The first-order valence-electron chi connectivity index (χ1n) is 7.64. The van der Waals surface area contributed by atoms with Gasteiger partial charge in [-0.2, -0.15) is 0 Å². The predicted octanol–water partition coefficient (Wildman–Crippen LogP) is 2.45. The third-order valence-corrected chi connectivity index (χ3v) is 4.47. The van der Waals surface area contributed by atoms with E-state index in [1.807, 2.05) is 49.4 Å². The summed E-state index contributed by atoms with van der Waals surface area (Å²) >= 11 is 1.51. The minimum Gasteiger partial charge on any atom is -0.396 e. The fourth-order valence-corrected chi connectivity index (χ4v) is 2.84. The molecule has 1 atom stereocenters. The lowest BCUT2D eigenvalue weighted by molar-refractivity contribution is -0.118. The first kappa shape index (κ1) is 17.5. The molecular weight excluding hydrogens is 308 g/mol. The van der Waals surface area contributed by atoms with Crippen molar-refractivity contribution in [1.82, 2.24) is 10.3 Å². The van der Waals surface area contributed by atoms with Crippen molar-refractivity contribution in [2.75, 3.05) is 18.9 Å². The van der Waals surface area contributed by atoms with Crippen LogP contribution in [0.25, 0.3) is 0 Å². The van der Waals surface area contributed by atoms with Gasteiger partial charge in [-0.25, -0.2) is 0 Å². The van der Waals surface area contributed by atoms with Gasteiger partial charge < -0.3 is 10.4 Å². The molecule has 0 saturated carbocycles. The summed E-state index contributed by atoms with van der Waals surface area (Å²) in [5.74, 6) is 0.346. The van der Waals surface area contributed by atoms with Crippen molar-refractivity contribution < 1.29 is 9.90 Å². The fourth-order valence-electron chi connectivity index (χ4n) is 2.11. The summed E-state index contributed by atoms with van der Waals surface area (Å²) in [5.41, 5.74) is 2.13. The van der Waals surface area contributed by atoms with Gasteiger partial charge in [0.2, 0.25) is 5.91 Å². The number of carbonyl (C=O) groups excluding carboxylic acids is 1. The molecule has 122 valence electrons. The van der Waals surface area contributed by atoms with E-state index in [4.69, 9.17) is 0 Å². The molecule has 1 unspecified atom stereocenters. The van der Waals surface area contributed by atoms with Gasteiger partial charge in [0.25, 0.3) is 0 Å². The van der Waals surface area contributed by atoms with Gasteiger partial charge in [0.15, 0.2) is 0 Å². The molecule has 1 heterocycles. The highest BCUT2D eigenvalue weighted by atomic mass is 32.2. The number of nitrogens with zero attached hydrogens (tertiary/aromatic N) is 1. The van der Waals surface area contributed by atoms with Crippen LogP contribution in [-0.4, -0.2) is 34.9 Å². The Morgan fingerprint density at radius 1 is 1.26 bits per heavy atom. The Morgan fingerprint density at radius 2 is 2.04 bits per heavy atom. The van der Waals surface area contributed by atoms with Gasteiger partial charge in [0.05, 0.1) is 5.75 Å². The monoisotopic (exact) mass is 330 g/mol. The molecule has 0 fully saturated rings. The normalized spacial score (nSPS) is 11.9. The summed E-state index contributed by atoms with van der Waals surface area (Å²) in [7, 11) is 0. The quantitative estimate of drug-likeness (QED) is 0.730. The van der Waals surface area contributed by atoms with Gasteiger partial charge in [-0.15, -0.1) is 11.8 Å². The minimum atomic E-state index is -0.0185. The van der Waals surface area contributed by atoms with Crippen LogP contribution in [0.2, 0.25) is 0 Å². The van der Waals surface area contributed by atoms with Crippen molar-refractivity contribution >= 4 is 17.7 Å². The molecule has 1 aromatic carbocycles. The molecule has 0 bridgehead atoms. The molecular formula is C18H22N2O2S. The first-order chi connectivity index (χ1) is 11.2. The maximum atomic E-state index is 11.9. The fraction of sp³-hybridized carbons (Fsp3) is 0.333. The number of hydrogen-bond acceptors (Lipinski definition) is 4. The van der Waals surface area contributed by atoms with Gasteiger partial charge in [-0.05, 0) is 37.6 Å². The number of rotatable bonds is 8. The van der Waals surface area contributed by atoms with E-state index in [0.717, 1.165) is 10.6 Å². The zero-order valence-electron chi connectivity index (χ0n) is 13.2.